The van der Waals surface area contributed by atoms with Gasteiger partial charge in [0, 0.05) is 15.6 Å². The van der Waals surface area contributed by atoms with Crippen LogP contribution in [0.2, 0.25) is 10.0 Å². The number of benzene rings is 1. The minimum absolute atomic E-state index is 0.239. The standard InChI is InChI=1S/C12H10Cl2N2O2S/c13-8-3-9(14)5-10(4-8)18-6-7-1-2-19-11(7)12(17)16-15/h1-5H,6,15H2,(H,16,17). The number of carbonyl (C=O) groups is 1. The second-order valence-corrected chi connectivity index (χ2v) is 5.43. The molecule has 4 nitrogen and oxygen atoms in total. The van der Waals surface area contributed by atoms with Crippen molar-refractivity contribution in [3.8, 4) is 5.75 Å². The van der Waals surface area contributed by atoms with Gasteiger partial charge in [-0.25, -0.2) is 5.84 Å². The quantitative estimate of drug-likeness (QED) is 0.517. The molecule has 0 saturated carbocycles. The first-order chi connectivity index (χ1) is 9.10. The molecule has 19 heavy (non-hydrogen) atoms. The van der Waals surface area contributed by atoms with Gasteiger partial charge >= 0.3 is 0 Å². The second-order valence-electron chi connectivity index (χ2n) is 3.64. The van der Waals surface area contributed by atoms with Crippen molar-refractivity contribution in [2.24, 2.45) is 5.84 Å². The maximum absolute atomic E-state index is 11.5. The lowest BCUT2D eigenvalue weighted by atomic mass is 10.2. The molecule has 1 heterocycles. The maximum Gasteiger partial charge on any atom is 0.275 e. The summed E-state index contributed by atoms with van der Waals surface area (Å²) in [5.74, 6) is 5.32. The number of carbonyl (C=O) groups excluding carboxylic acids is 1. The zero-order valence-corrected chi connectivity index (χ0v) is 12.0. The third kappa shape index (κ3) is 3.61. The van der Waals surface area contributed by atoms with Crippen molar-refractivity contribution in [3.05, 3.63) is 50.1 Å². The molecule has 0 aliphatic heterocycles. The minimum atomic E-state index is -0.335. The fraction of sp³-hybridized carbons (Fsp3) is 0.0833. The highest BCUT2D eigenvalue weighted by molar-refractivity contribution is 7.12. The average molecular weight is 317 g/mol. The number of nitrogens with one attached hydrogen (secondary N) is 1. The Morgan fingerprint density at radius 2 is 2.00 bits per heavy atom. The molecule has 0 radical (unpaired) electrons. The molecule has 1 aromatic heterocycles. The Morgan fingerprint density at radius 3 is 2.63 bits per heavy atom. The van der Waals surface area contributed by atoms with Crippen LogP contribution in [-0.4, -0.2) is 5.91 Å². The molecular weight excluding hydrogens is 307 g/mol. The zero-order chi connectivity index (χ0) is 13.8. The van der Waals surface area contributed by atoms with Crippen LogP contribution in [0.5, 0.6) is 5.75 Å². The van der Waals surface area contributed by atoms with Crippen LogP contribution in [0.1, 0.15) is 15.2 Å². The van der Waals surface area contributed by atoms with Crippen molar-refractivity contribution in [1.82, 2.24) is 5.43 Å². The monoisotopic (exact) mass is 316 g/mol. The molecule has 1 aromatic carbocycles. The van der Waals surface area contributed by atoms with E-state index in [-0.39, 0.29) is 12.5 Å². The van der Waals surface area contributed by atoms with Crippen LogP contribution in [0.15, 0.2) is 29.6 Å². The highest BCUT2D eigenvalue weighted by Crippen LogP contribution is 2.26. The molecule has 0 atom stereocenters. The molecule has 0 aliphatic carbocycles. The Bertz CT molecular complexity index is 581. The summed E-state index contributed by atoms with van der Waals surface area (Å²) < 4.78 is 5.56. The summed E-state index contributed by atoms with van der Waals surface area (Å²) in [7, 11) is 0. The lowest BCUT2D eigenvalue weighted by Crippen LogP contribution is -2.30. The fourth-order valence-corrected chi connectivity index (χ4v) is 2.81. The van der Waals surface area contributed by atoms with E-state index in [0.717, 1.165) is 5.56 Å². The highest BCUT2D eigenvalue weighted by atomic mass is 35.5. The number of rotatable bonds is 4. The Hall–Kier alpha value is -1.27. The molecule has 0 bridgehead atoms. The number of thiophene rings is 1. The van der Waals surface area contributed by atoms with Crippen LogP contribution in [0.4, 0.5) is 0 Å². The smallest absolute Gasteiger partial charge is 0.275 e. The van der Waals surface area contributed by atoms with Crippen molar-refractivity contribution in [2.45, 2.75) is 6.61 Å². The maximum atomic E-state index is 11.5. The van der Waals surface area contributed by atoms with Gasteiger partial charge in [-0.05, 0) is 29.6 Å². The normalized spacial score (nSPS) is 10.3. The van der Waals surface area contributed by atoms with Gasteiger partial charge in [-0.3, -0.25) is 10.2 Å². The molecule has 0 fully saturated rings. The molecule has 0 spiro atoms. The van der Waals surface area contributed by atoms with Crippen LogP contribution in [-0.2, 0) is 6.61 Å². The van der Waals surface area contributed by atoms with E-state index in [4.69, 9.17) is 33.8 Å². The lowest BCUT2D eigenvalue weighted by molar-refractivity contribution is 0.0955. The summed E-state index contributed by atoms with van der Waals surface area (Å²) in [6.07, 6.45) is 0. The SMILES string of the molecule is NNC(=O)c1sccc1COc1cc(Cl)cc(Cl)c1. The molecule has 0 unspecified atom stereocenters. The van der Waals surface area contributed by atoms with E-state index in [2.05, 4.69) is 5.43 Å². The van der Waals surface area contributed by atoms with Gasteiger partial charge < -0.3 is 4.74 Å². The molecule has 0 aliphatic rings. The number of amides is 1. The topological polar surface area (TPSA) is 64.3 Å². The first-order valence-electron chi connectivity index (χ1n) is 5.26. The van der Waals surface area contributed by atoms with Gasteiger partial charge in [0.2, 0.25) is 0 Å². The van der Waals surface area contributed by atoms with Gasteiger partial charge in [0.25, 0.3) is 5.91 Å². The predicted molar refractivity (Wildman–Crippen MR) is 76.8 cm³/mol. The minimum Gasteiger partial charge on any atom is -0.489 e. The Kier molecular flexibility index (Phi) is 4.66. The predicted octanol–water partition coefficient (Wildman–Crippen LogP) is 3.24. The van der Waals surface area contributed by atoms with Crippen molar-refractivity contribution in [2.75, 3.05) is 0 Å². The Labute approximate surface area is 124 Å². The number of nitrogen functional groups attached to an aromatic ring is 1. The van der Waals surface area contributed by atoms with Gasteiger partial charge in [-0.2, -0.15) is 0 Å². The summed E-state index contributed by atoms with van der Waals surface area (Å²) in [6, 6.07) is 6.74. The number of nitrogens with two attached hydrogens (primary N) is 1. The van der Waals surface area contributed by atoms with Crippen molar-refractivity contribution >= 4 is 40.4 Å². The number of hydrogen-bond acceptors (Lipinski definition) is 4. The number of ether oxygens (including phenoxy) is 1. The first-order valence-corrected chi connectivity index (χ1v) is 6.90. The highest BCUT2D eigenvalue weighted by Gasteiger charge is 2.12. The molecular formula is C12H10Cl2N2O2S. The Balaban J connectivity index is 2.10. The summed E-state index contributed by atoms with van der Waals surface area (Å²) >= 11 is 13.0. The van der Waals surface area contributed by atoms with E-state index in [1.54, 1.807) is 29.6 Å². The van der Waals surface area contributed by atoms with E-state index >= 15 is 0 Å². The number of hydrazine groups is 1. The van der Waals surface area contributed by atoms with Crippen molar-refractivity contribution in [1.29, 1.82) is 0 Å². The zero-order valence-electron chi connectivity index (χ0n) is 9.65. The molecule has 100 valence electrons. The van der Waals surface area contributed by atoms with E-state index in [9.17, 15) is 4.79 Å². The van der Waals surface area contributed by atoms with Gasteiger partial charge in [0.15, 0.2) is 0 Å². The van der Waals surface area contributed by atoms with E-state index in [1.807, 2.05) is 0 Å². The van der Waals surface area contributed by atoms with Gasteiger partial charge in [-0.15, -0.1) is 11.3 Å². The summed E-state index contributed by atoms with van der Waals surface area (Å²) in [4.78, 5) is 12.0. The second kappa shape index (κ2) is 6.25. The molecule has 0 saturated heterocycles. The average Bonchev–Trinajstić information content (AvgIpc) is 2.82. The molecule has 3 N–H and O–H groups in total. The van der Waals surface area contributed by atoms with E-state index in [0.29, 0.717) is 20.7 Å². The van der Waals surface area contributed by atoms with Gasteiger partial charge in [0.05, 0.1) is 4.88 Å². The fourth-order valence-electron chi connectivity index (χ4n) is 1.49. The number of halogens is 2. The van der Waals surface area contributed by atoms with E-state index in [1.165, 1.54) is 11.3 Å². The third-order valence-electron chi connectivity index (χ3n) is 2.31. The van der Waals surface area contributed by atoms with Gasteiger partial charge in [-0.1, -0.05) is 23.2 Å². The van der Waals surface area contributed by atoms with Crippen LogP contribution >= 0.6 is 34.5 Å². The van der Waals surface area contributed by atoms with Crippen LogP contribution in [0, 0.1) is 0 Å². The van der Waals surface area contributed by atoms with Crippen LogP contribution < -0.4 is 16.0 Å². The molecule has 1 amide bonds. The third-order valence-corrected chi connectivity index (χ3v) is 3.71. The summed E-state index contributed by atoms with van der Waals surface area (Å²) in [5.41, 5.74) is 2.85. The summed E-state index contributed by atoms with van der Waals surface area (Å²) in [5, 5.41) is 2.79. The van der Waals surface area contributed by atoms with Crippen LogP contribution in [0.25, 0.3) is 0 Å². The van der Waals surface area contributed by atoms with Crippen molar-refractivity contribution in [3.63, 3.8) is 0 Å². The first kappa shape index (κ1) is 14.1. The molecule has 7 heteroatoms. The Morgan fingerprint density at radius 1 is 1.32 bits per heavy atom. The molecule has 2 rings (SSSR count). The van der Waals surface area contributed by atoms with Gasteiger partial charge in [0.1, 0.15) is 12.4 Å². The summed E-state index contributed by atoms with van der Waals surface area (Å²) in [6.45, 7) is 0.239. The lowest BCUT2D eigenvalue weighted by Gasteiger charge is -2.07. The van der Waals surface area contributed by atoms with Crippen LogP contribution in [0.3, 0.4) is 0 Å². The number of hydrogen-bond donors (Lipinski definition) is 2. The van der Waals surface area contributed by atoms with Crippen molar-refractivity contribution < 1.29 is 9.53 Å². The molecule has 2 aromatic rings. The largest absolute Gasteiger partial charge is 0.489 e. The van der Waals surface area contributed by atoms with E-state index < -0.39 is 0 Å².